The van der Waals surface area contributed by atoms with Crippen LogP contribution in [0.1, 0.15) is 30.6 Å². The first-order valence-electron chi connectivity index (χ1n) is 6.36. The van der Waals surface area contributed by atoms with Crippen LogP contribution < -0.4 is 10.1 Å². The summed E-state index contributed by atoms with van der Waals surface area (Å²) in [5.74, 6) is 1.26. The third kappa shape index (κ3) is 5.47. The number of benzene rings is 1. The van der Waals surface area contributed by atoms with Crippen molar-refractivity contribution in [2.75, 3.05) is 13.2 Å². The summed E-state index contributed by atoms with van der Waals surface area (Å²) in [6, 6.07) is 5.34. The van der Waals surface area contributed by atoms with Crippen LogP contribution in [-0.4, -0.2) is 19.1 Å². The Morgan fingerprint density at radius 2 is 2.26 bits per heavy atom. The third-order valence-corrected chi connectivity index (χ3v) is 3.17. The standard InChI is InChI=1S/C15H20BrNO2/c1-4-8-17-15(18)12-5-6-14(13(16)10-12)19-9-7-11(2)3/h4-6,10-11H,1,7-9H2,2-3H3,(H,17,18). The number of carbonyl (C=O) groups excluding carboxylic acids is 1. The summed E-state index contributed by atoms with van der Waals surface area (Å²) in [7, 11) is 0. The summed E-state index contributed by atoms with van der Waals surface area (Å²) >= 11 is 3.43. The first kappa shape index (κ1) is 15.8. The highest BCUT2D eigenvalue weighted by atomic mass is 79.9. The van der Waals surface area contributed by atoms with Crippen LogP contribution in [0.4, 0.5) is 0 Å². The highest BCUT2D eigenvalue weighted by Crippen LogP contribution is 2.26. The number of rotatable bonds is 7. The number of nitrogens with one attached hydrogen (secondary N) is 1. The van der Waals surface area contributed by atoms with Crippen molar-refractivity contribution < 1.29 is 9.53 Å². The Morgan fingerprint density at radius 3 is 2.84 bits per heavy atom. The fraction of sp³-hybridized carbons (Fsp3) is 0.400. The van der Waals surface area contributed by atoms with Crippen molar-refractivity contribution in [3.8, 4) is 5.75 Å². The Kier molecular flexibility index (Phi) is 6.64. The molecule has 1 amide bonds. The molecular formula is C15H20BrNO2. The van der Waals surface area contributed by atoms with E-state index in [-0.39, 0.29) is 5.91 Å². The number of hydrogen-bond donors (Lipinski definition) is 1. The van der Waals surface area contributed by atoms with Gasteiger partial charge in [0.2, 0.25) is 0 Å². The minimum atomic E-state index is -0.116. The van der Waals surface area contributed by atoms with Crippen LogP contribution in [0, 0.1) is 5.92 Å². The van der Waals surface area contributed by atoms with Crippen LogP contribution in [0.5, 0.6) is 5.75 Å². The number of ether oxygens (including phenoxy) is 1. The number of carbonyl (C=O) groups is 1. The lowest BCUT2D eigenvalue weighted by atomic mass is 10.1. The largest absolute Gasteiger partial charge is 0.492 e. The van der Waals surface area contributed by atoms with Crippen LogP contribution in [-0.2, 0) is 0 Å². The summed E-state index contributed by atoms with van der Waals surface area (Å²) in [5, 5.41) is 2.73. The van der Waals surface area contributed by atoms with Gasteiger partial charge < -0.3 is 10.1 Å². The van der Waals surface area contributed by atoms with Crippen LogP contribution in [0.25, 0.3) is 0 Å². The average Bonchev–Trinajstić information content (AvgIpc) is 2.37. The van der Waals surface area contributed by atoms with E-state index in [1.54, 1.807) is 18.2 Å². The van der Waals surface area contributed by atoms with Gasteiger partial charge >= 0.3 is 0 Å². The van der Waals surface area contributed by atoms with E-state index in [0.29, 0.717) is 24.6 Å². The molecule has 0 radical (unpaired) electrons. The molecule has 0 aliphatic heterocycles. The van der Waals surface area contributed by atoms with E-state index in [1.807, 2.05) is 6.07 Å². The first-order chi connectivity index (χ1) is 9.04. The SMILES string of the molecule is C=CCNC(=O)c1ccc(OCCC(C)C)c(Br)c1. The van der Waals surface area contributed by atoms with Crippen LogP contribution in [0.3, 0.4) is 0 Å². The van der Waals surface area contributed by atoms with E-state index in [9.17, 15) is 4.79 Å². The second-order valence-electron chi connectivity index (χ2n) is 4.67. The molecule has 0 fully saturated rings. The maximum Gasteiger partial charge on any atom is 0.251 e. The zero-order valence-electron chi connectivity index (χ0n) is 11.4. The van der Waals surface area contributed by atoms with E-state index in [1.165, 1.54) is 0 Å². The predicted octanol–water partition coefficient (Wildman–Crippen LogP) is 3.79. The zero-order valence-corrected chi connectivity index (χ0v) is 13.0. The number of hydrogen-bond acceptors (Lipinski definition) is 2. The third-order valence-electron chi connectivity index (χ3n) is 2.55. The molecule has 104 valence electrons. The molecule has 1 rings (SSSR count). The smallest absolute Gasteiger partial charge is 0.251 e. The van der Waals surface area contributed by atoms with Gasteiger partial charge in [-0.1, -0.05) is 19.9 Å². The minimum Gasteiger partial charge on any atom is -0.492 e. The van der Waals surface area contributed by atoms with Gasteiger partial charge in [-0.05, 0) is 46.5 Å². The molecule has 0 bridgehead atoms. The summed E-state index contributed by atoms with van der Waals surface area (Å²) in [5.41, 5.74) is 0.602. The molecule has 0 unspecified atom stereocenters. The van der Waals surface area contributed by atoms with Gasteiger partial charge in [-0.2, -0.15) is 0 Å². The first-order valence-corrected chi connectivity index (χ1v) is 7.15. The molecule has 0 spiro atoms. The van der Waals surface area contributed by atoms with Crippen molar-refractivity contribution in [3.05, 3.63) is 40.9 Å². The topological polar surface area (TPSA) is 38.3 Å². The van der Waals surface area contributed by atoms with Crippen LogP contribution in [0.2, 0.25) is 0 Å². The van der Waals surface area contributed by atoms with Crippen molar-refractivity contribution in [2.24, 2.45) is 5.92 Å². The molecule has 0 aromatic heterocycles. The van der Waals surface area contributed by atoms with Gasteiger partial charge in [-0.25, -0.2) is 0 Å². The lowest BCUT2D eigenvalue weighted by Gasteiger charge is -2.11. The Bertz CT molecular complexity index is 444. The lowest BCUT2D eigenvalue weighted by Crippen LogP contribution is -2.23. The van der Waals surface area contributed by atoms with Gasteiger partial charge in [0.05, 0.1) is 11.1 Å². The molecule has 19 heavy (non-hydrogen) atoms. The Labute approximate surface area is 123 Å². The molecule has 0 atom stereocenters. The monoisotopic (exact) mass is 325 g/mol. The molecule has 0 saturated carbocycles. The summed E-state index contributed by atoms with van der Waals surface area (Å²) in [4.78, 5) is 11.7. The number of halogens is 1. The molecule has 0 heterocycles. The summed E-state index contributed by atoms with van der Waals surface area (Å²) < 4.78 is 6.46. The molecule has 0 aliphatic carbocycles. The van der Waals surface area contributed by atoms with E-state index in [0.717, 1.165) is 16.6 Å². The lowest BCUT2D eigenvalue weighted by molar-refractivity contribution is 0.0958. The second kappa shape index (κ2) is 8.00. The molecular weight excluding hydrogens is 306 g/mol. The Balaban J connectivity index is 2.63. The molecule has 1 aromatic rings. The highest BCUT2D eigenvalue weighted by Gasteiger charge is 2.08. The normalized spacial score (nSPS) is 10.3. The predicted molar refractivity (Wildman–Crippen MR) is 81.6 cm³/mol. The Hall–Kier alpha value is -1.29. The van der Waals surface area contributed by atoms with Crippen LogP contribution >= 0.6 is 15.9 Å². The summed E-state index contributed by atoms with van der Waals surface area (Å²) in [6.45, 7) is 9.02. The molecule has 0 saturated heterocycles. The van der Waals surface area contributed by atoms with Crippen molar-refractivity contribution >= 4 is 21.8 Å². The van der Waals surface area contributed by atoms with E-state index in [2.05, 4.69) is 41.7 Å². The van der Waals surface area contributed by atoms with E-state index in [4.69, 9.17) is 4.74 Å². The molecule has 1 aromatic carbocycles. The van der Waals surface area contributed by atoms with Crippen molar-refractivity contribution in [3.63, 3.8) is 0 Å². The fourth-order valence-electron chi connectivity index (χ4n) is 1.43. The maximum atomic E-state index is 11.7. The molecule has 0 aliphatic rings. The van der Waals surface area contributed by atoms with Gasteiger partial charge in [-0.3, -0.25) is 4.79 Å². The average molecular weight is 326 g/mol. The maximum absolute atomic E-state index is 11.7. The number of amides is 1. The molecule has 3 nitrogen and oxygen atoms in total. The van der Waals surface area contributed by atoms with Crippen LogP contribution in [0.15, 0.2) is 35.3 Å². The minimum absolute atomic E-state index is 0.116. The second-order valence-corrected chi connectivity index (χ2v) is 5.53. The van der Waals surface area contributed by atoms with Gasteiger partial charge in [0.25, 0.3) is 5.91 Å². The van der Waals surface area contributed by atoms with Gasteiger partial charge in [-0.15, -0.1) is 6.58 Å². The Morgan fingerprint density at radius 1 is 1.53 bits per heavy atom. The van der Waals surface area contributed by atoms with Crippen molar-refractivity contribution in [1.82, 2.24) is 5.32 Å². The molecule has 4 heteroatoms. The van der Waals surface area contributed by atoms with E-state index < -0.39 is 0 Å². The van der Waals surface area contributed by atoms with Gasteiger partial charge in [0.15, 0.2) is 0 Å². The van der Waals surface area contributed by atoms with Crippen molar-refractivity contribution in [1.29, 1.82) is 0 Å². The highest BCUT2D eigenvalue weighted by molar-refractivity contribution is 9.10. The summed E-state index contributed by atoms with van der Waals surface area (Å²) in [6.07, 6.45) is 2.66. The molecule has 1 N–H and O–H groups in total. The zero-order chi connectivity index (χ0) is 14.3. The van der Waals surface area contributed by atoms with Crippen molar-refractivity contribution in [2.45, 2.75) is 20.3 Å². The fourth-order valence-corrected chi connectivity index (χ4v) is 1.92. The van der Waals surface area contributed by atoms with Gasteiger partial charge in [0, 0.05) is 12.1 Å². The quantitative estimate of drug-likeness (QED) is 0.774. The van der Waals surface area contributed by atoms with E-state index >= 15 is 0 Å². The van der Waals surface area contributed by atoms with Gasteiger partial charge in [0.1, 0.15) is 5.75 Å².